The summed E-state index contributed by atoms with van der Waals surface area (Å²) < 4.78 is 20.4. The molecule has 0 saturated heterocycles. The molecule has 0 fully saturated rings. The van der Waals surface area contributed by atoms with Crippen LogP contribution in [0.3, 0.4) is 0 Å². The molecule has 6 heteroatoms. The minimum absolute atomic E-state index is 0.0293. The van der Waals surface area contributed by atoms with Crippen LogP contribution >= 0.6 is 0 Å². The smallest absolute Gasteiger partial charge is 0.0781 e. The minimum Gasteiger partial charge on any atom is -0.394 e. The maximum Gasteiger partial charge on any atom is 0.0781 e. The Balaban J connectivity index is 0. The van der Waals surface area contributed by atoms with Gasteiger partial charge < -0.3 is 29.2 Å². The van der Waals surface area contributed by atoms with Gasteiger partial charge in [-0.25, -0.2) is 0 Å². The third-order valence-electron chi connectivity index (χ3n) is 2.72. The molecule has 6 nitrogen and oxygen atoms in total. The predicted octanol–water partition coefficient (Wildman–Crippen LogP) is 1.23. The van der Waals surface area contributed by atoms with Crippen LogP contribution in [0.15, 0.2) is 0 Å². The van der Waals surface area contributed by atoms with E-state index in [0.29, 0.717) is 19.8 Å². The standard InChI is InChI=1S/C10H22O4.C5H12O2/c1-8(5-11)13-7-10(3)14-6-9(2)12-4;1-3-5(6)4-7-2/h8-11H,5-7H2,1-4H3;5-6H,3-4H2,1-2H3. The van der Waals surface area contributed by atoms with Gasteiger partial charge in [-0.3, -0.25) is 0 Å². The number of aliphatic hydroxyl groups is 2. The summed E-state index contributed by atoms with van der Waals surface area (Å²) in [5.74, 6) is 0. The molecule has 0 saturated carbocycles. The molecule has 0 aromatic rings. The lowest BCUT2D eigenvalue weighted by molar-refractivity contribution is -0.0677. The molecular weight excluding hydrogens is 276 g/mol. The summed E-state index contributed by atoms with van der Waals surface area (Å²) in [6, 6.07) is 0. The first kappa shape index (κ1) is 23.0. The molecule has 0 aromatic carbocycles. The number of methoxy groups -OCH3 is 2. The Morgan fingerprint density at radius 1 is 0.857 bits per heavy atom. The highest BCUT2D eigenvalue weighted by molar-refractivity contribution is 4.53. The highest BCUT2D eigenvalue weighted by Crippen LogP contribution is 1.98. The normalized spacial score (nSPS) is 16.6. The fourth-order valence-corrected chi connectivity index (χ4v) is 1.08. The Morgan fingerprint density at radius 3 is 1.76 bits per heavy atom. The fourth-order valence-electron chi connectivity index (χ4n) is 1.08. The number of hydrogen-bond donors (Lipinski definition) is 2. The zero-order valence-corrected chi connectivity index (χ0v) is 14.4. The van der Waals surface area contributed by atoms with Gasteiger partial charge in [0.2, 0.25) is 0 Å². The lowest BCUT2D eigenvalue weighted by atomic mass is 10.3. The highest BCUT2D eigenvalue weighted by atomic mass is 16.6. The maximum absolute atomic E-state index is 8.73. The van der Waals surface area contributed by atoms with Crippen LogP contribution < -0.4 is 0 Å². The number of hydrogen-bond acceptors (Lipinski definition) is 6. The topological polar surface area (TPSA) is 77.4 Å². The summed E-state index contributed by atoms with van der Waals surface area (Å²) in [5.41, 5.74) is 0. The van der Waals surface area contributed by atoms with Crippen molar-refractivity contribution >= 4 is 0 Å². The molecule has 0 aliphatic rings. The average molecular weight is 310 g/mol. The molecule has 0 aliphatic heterocycles. The molecule has 0 spiro atoms. The van der Waals surface area contributed by atoms with E-state index in [1.165, 1.54) is 0 Å². The monoisotopic (exact) mass is 310 g/mol. The Bertz CT molecular complexity index is 189. The van der Waals surface area contributed by atoms with E-state index in [-0.39, 0.29) is 31.0 Å². The Hall–Kier alpha value is -0.240. The summed E-state index contributed by atoms with van der Waals surface area (Å²) in [7, 11) is 3.24. The molecule has 0 heterocycles. The molecule has 21 heavy (non-hydrogen) atoms. The van der Waals surface area contributed by atoms with E-state index in [0.717, 1.165) is 6.42 Å². The summed E-state index contributed by atoms with van der Waals surface area (Å²) in [5, 5.41) is 17.5. The number of ether oxygens (including phenoxy) is 4. The van der Waals surface area contributed by atoms with Crippen LogP contribution in [-0.2, 0) is 18.9 Å². The lowest BCUT2D eigenvalue weighted by Gasteiger charge is -2.18. The van der Waals surface area contributed by atoms with Crippen molar-refractivity contribution in [3.05, 3.63) is 0 Å². The number of rotatable bonds is 11. The first-order valence-electron chi connectivity index (χ1n) is 7.44. The van der Waals surface area contributed by atoms with E-state index in [2.05, 4.69) is 4.74 Å². The largest absolute Gasteiger partial charge is 0.394 e. The zero-order valence-electron chi connectivity index (χ0n) is 14.4. The molecule has 2 N–H and O–H groups in total. The first-order chi connectivity index (χ1) is 9.90. The van der Waals surface area contributed by atoms with Gasteiger partial charge in [-0.05, 0) is 27.2 Å². The molecule has 0 rings (SSSR count). The van der Waals surface area contributed by atoms with Crippen LogP contribution in [0.1, 0.15) is 34.1 Å². The van der Waals surface area contributed by atoms with Crippen molar-refractivity contribution in [2.75, 3.05) is 40.6 Å². The highest BCUT2D eigenvalue weighted by Gasteiger charge is 2.08. The van der Waals surface area contributed by atoms with Gasteiger partial charge in [0.15, 0.2) is 0 Å². The van der Waals surface area contributed by atoms with Crippen molar-refractivity contribution in [2.24, 2.45) is 0 Å². The van der Waals surface area contributed by atoms with Gasteiger partial charge in [-0.1, -0.05) is 6.92 Å². The van der Waals surface area contributed by atoms with Crippen LogP contribution in [0.2, 0.25) is 0 Å². The second-order valence-corrected chi connectivity index (χ2v) is 5.03. The quantitative estimate of drug-likeness (QED) is 0.598. The van der Waals surface area contributed by atoms with Gasteiger partial charge in [-0.15, -0.1) is 0 Å². The van der Waals surface area contributed by atoms with E-state index in [1.54, 1.807) is 14.2 Å². The van der Waals surface area contributed by atoms with Gasteiger partial charge in [-0.2, -0.15) is 0 Å². The van der Waals surface area contributed by atoms with Crippen molar-refractivity contribution in [3.8, 4) is 0 Å². The second-order valence-electron chi connectivity index (χ2n) is 5.03. The van der Waals surface area contributed by atoms with Crippen LogP contribution in [-0.4, -0.2) is 75.3 Å². The average Bonchev–Trinajstić information content (AvgIpc) is 2.50. The third-order valence-corrected chi connectivity index (χ3v) is 2.72. The predicted molar refractivity (Wildman–Crippen MR) is 82.6 cm³/mol. The van der Waals surface area contributed by atoms with Gasteiger partial charge in [0.05, 0.1) is 50.8 Å². The van der Waals surface area contributed by atoms with Crippen molar-refractivity contribution in [2.45, 2.75) is 58.5 Å². The minimum atomic E-state index is -0.273. The Morgan fingerprint density at radius 2 is 1.38 bits per heavy atom. The van der Waals surface area contributed by atoms with Crippen molar-refractivity contribution in [1.82, 2.24) is 0 Å². The van der Waals surface area contributed by atoms with Gasteiger partial charge in [0.25, 0.3) is 0 Å². The molecule has 0 bridgehead atoms. The number of aliphatic hydroxyl groups excluding tert-OH is 2. The van der Waals surface area contributed by atoms with Gasteiger partial charge in [0.1, 0.15) is 0 Å². The SMILES string of the molecule is CCC(O)COC.COC(C)COC(C)COC(C)CO. The van der Waals surface area contributed by atoms with Crippen LogP contribution in [0.4, 0.5) is 0 Å². The molecule has 0 amide bonds. The van der Waals surface area contributed by atoms with E-state index in [4.69, 9.17) is 24.4 Å². The van der Waals surface area contributed by atoms with Crippen LogP contribution in [0.5, 0.6) is 0 Å². The third kappa shape index (κ3) is 17.7. The van der Waals surface area contributed by atoms with Crippen molar-refractivity contribution < 1.29 is 29.2 Å². The van der Waals surface area contributed by atoms with Crippen molar-refractivity contribution in [1.29, 1.82) is 0 Å². The maximum atomic E-state index is 8.73. The first-order valence-corrected chi connectivity index (χ1v) is 7.44. The summed E-state index contributed by atoms with van der Waals surface area (Å²) in [6.07, 6.45) is 0.508. The molecule has 4 atom stereocenters. The Labute approximate surface area is 129 Å². The molecule has 0 aromatic heterocycles. The molecule has 130 valence electrons. The van der Waals surface area contributed by atoms with E-state index < -0.39 is 0 Å². The summed E-state index contributed by atoms with van der Waals surface area (Å²) in [6.45, 7) is 9.19. The Kier molecular flexibility index (Phi) is 17.7. The van der Waals surface area contributed by atoms with Gasteiger partial charge >= 0.3 is 0 Å². The van der Waals surface area contributed by atoms with Gasteiger partial charge in [0, 0.05) is 14.2 Å². The molecule has 0 radical (unpaired) electrons. The summed E-state index contributed by atoms with van der Waals surface area (Å²) in [4.78, 5) is 0. The molecular formula is C15H34O6. The zero-order chi connectivity index (χ0) is 16.7. The molecule has 0 aliphatic carbocycles. The van der Waals surface area contributed by atoms with Crippen molar-refractivity contribution in [3.63, 3.8) is 0 Å². The lowest BCUT2D eigenvalue weighted by Crippen LogP contribution is -2.25. The molecule has 4 unspecified atom stereocenters. The second kappa shape index (κ2) is 16.1. The van der Waals surface area contributed by atoms with Crippen LogP contribution in [0, 0.1) is 0 Å². The van der Waals surface area contributed by atoms with E-state index in [9.17, 15) is 0 Å². The van der Waals surface area contributed by atoms with Crippen LogP contribution in [0.25, 0.3) is 0 Å². The van der Waals surface area contributed by atoms with E-state index >= 15 is 0 Å². The van der Waals surface area contributed by atoms with E-state index in [1.807, 2.05) is 27.7 Å². The fraction of sp³-hybridized carbons (Fsp3) is 1.00. The summed E-state index contributed by atoms with van der Waals surface area (Å²) >= 11 is 0.